The van der Waals surface area contributed by atoms with Crippen LogP contribution in [0.1, 0.15) is 22.5 Å². The Labute approximate surface area is 180 Å². The van der Waals surface area contributed by atoms with Gasteiger partial charge in [-0.05, 0) is 64.7 Å². The molecule has 9 heteroatoms. The van der Waals surface area contributed by atoms with Crippen molar-refractivity contribution in [1.29, 1.82) is 0 Å². The summed E-state index contributed by atoms with van der Waals surface area (Å²) in [5.74, 6) is 0.763. The maximum atomic E-state index is 12.9. The number of carbonyl (C=O) groups excluding carboxylic acids is 2. The van der Waals surface area contributed by atoms with Gasteiger partial charge in [0.05, 0.1) is 17.1 Å². The van der Waals surface area contributed by atoms with Crippen molar-refractivity contribution in [2.45, 2.75) is 19.0 Å². The molecule has 2 aromatic rings. The number of amides is 2. The number of thioether (sulfide) groups is 1. The summed E-state index contributed by atoms with van der Waals surface area (Å²) in [6.07, 6.45) is 2.45. The maximum Gasteiger partial charge on any atom is 0.253 e. The molecule has 0 aliphatic rings. The van der Waals surface area contributed by atoms with Crippen molar-refractivity contribution in [3.8, 4) is 0 Å². The molecule has 0 saturated carbocycles. The van der Waals surface area contributed by atoms with Gasteiger partial charge in [-0.25, -0.2) is 0 Å². The third-order valence-corrected chi connectivity index (χ3v) is 5.41. The highest BCUT2D eigenvalue weighted by molar-refractivity contribution is 9.10. The second kappa shape index (κ2) is 10.4. The summed E-state index contributed by atoms with van der Waals surface area (Å²) in [5, 5.41) is 3.47. The van der Waals surface area contributed by atoms with Crippen LogP contribution in [0.3, 0.4) is 0 Å². The molecule has 1 N–H and O–H groups in total. The predicted octanol–water partition coefficient (Wildman–Crippen LogP) is 4.86. The molecular weight excluding hydrogens is 475 g/mol. The first-order valence-corrected chi connectivity index (χ1v) is 11.0. The zero-order chi connectivity index (χ0) is 20.0. The molecule has 0 spiro atoms. The van der Waals surface area contributed by atoms with E-state index in [9.17, 15) is 9.59 Å². The molecular formula is C18H19BrCl2N2O3S. The second-order valence-electron chi connectivity index (χ2n) is 5.83. The Morgan fingerprint density at radius 2 is 2.04 bits per heavy atom. The number of nitrogens with zero attached hydrogens (tertiary/aromatic N) is 1. The Hall–Kier alpha value is -1.15. The molecule has 146 valence electrons. The Morgan fingerprint density at radius 3 is 2.63 bits per heavy atom. The summed E-state index contributed by atoms with van der Waals surface area (Å²) < 4.78 is 6.04. The quantitative estimate of drug-likeness (QED) is 0.570. The van der Waals surface area contributed by atoms with Gasteiger partial charge in [-0.15, -0.1) is 0 Å². The smallest absolute Gasteiger partial charge is 0.253 e. The monoisotopic (exact) mass is 492 g/mol. The highest BCUT2D eigenvalue weighted by atomic mass is 79.9. The molecule has 1 heterocycles. The average molecular weight is 494 g/mol. The van der Waals surface area contributed by atoms with Gasteiger partial charge in [0.1, 0.15) is 11.8 Å². The molecule has 2 amide bonds. The van der Waals surface area contributed by atoms with E-state index in [1.165, 1.54) is 11.0 Å². The number of benzene rings is 1. The summed E-state index contributed by atoms with van der Waals surface area (Å²) in [6.45, 7) is 0.303. The minimum atomic E-state index is -0.667. The van der Waals surface area contributed by atoms with Crippen molar-refractivity contribution < 1.29 is 14.0 Å². The molecule has 1 aromatic heterocycles. The van der Waals surface area contributed by atoms with E-state index in [2.05, 4.69) is 21.2 Å². The van der Waals surface area contributed by atoms with Crippen molar-refractivity contribution in [3.63, 3.8) is 0 Å². The molecule has 0 aliphatic heterocycles. The van der Waals surface area contributed by atoms with Crippen LogP contribution in [-0.2, 0) is 11.3 Å². The first-order chi connectivity index (χ1) is 12.8. The number of hydrogen-bond acceptors (Lipinski definition) is 4. The molecule has 0 radical (unpaired) electrons. The molecule has 1 aromatic carbocycles. The maximum absolute atomic E-state index is 12.9. The molecule has 5 nitrogen and oxygen atoms in total. The topological polar surface area (TPSA) is 62.6 Å². The standard InChI is InChI=1S/C18H19BrCl2N2O3S/c1-23(10-12-4-6-16(19)26-12)18(25)15(7-8-27-2)22-17(24)13-5-3-11(20)9-14(13)21/h3-6,9,15H,7-8,10H2,1-2H3,(H,22,24). The van der Waals surface area contributed by atoms with Crippen LogP contribution in [0.4, 0.5) is 0 Å². The summed E-state index contributed by atoms with van der Waals surface area (Å²) in [5.41, 5.74) is 0.278. The lowest BCUT2D eigenvalue weighted by Gasteiger charge is -2.24. The summed E-state index contributed by atoms with van der Waals surface area (Å²) >= 11 is 16.8. The van der Waals surface area contributed by atoms with E-state index in [4.69, 9.17) is 27.6 Å². The van der Waals surface area contributed by atoms with Gasteiger partial charge in [0.25, 0.3) is 5.91 Å². The molecule has 0 fully saturated rings. The highest BCUT2D eigenvalue weighted by Crippen LogP contribution is 2.21. The Bertz CT molecular complexity index is 816. The van der Waals surface area contributed by atoms with Crippen LogP contribution in [0, 0.1) is 0 Å². The van der Waals surface area contributed by atoms with Crippen molar-refractivity contribution in [1.82, 2.24) is 10.2 Å². The molecule has 27 heavy (non-hydrogen) atoms. The van der Waals surface area contributed by atoms with Gasteiger partial charge in [-0.1, -0.05) is 23.2 Å². The van der Waals surface area contributed by atoms with Gasteiger partial charge in [-0.2, -0.15) is 11.8 Å². The number of carbonyl (C=O) groups is 2. The van der Waals surface area contributed by atoms with Crippen molar-refractivity contribution in [3.05, 3.63) is 56.4 Å². The van der Waals surface area contributed by atoms with Gasteiger partial charge in [0, 0.05) is 12.1 Å². The Balaban J connectivity index is 2.10. The normalized spacial score (nSPS) is 11.9. The summed E-state index contributed by atoms with van der Waals surface area (Å²) in [7, 11) is 1.67. The van der Waals surface area contributed by atoms with Crippen molar-refractivity contribution >= 4 is 62.7 Å². The predicted molar refractivity (Wildman–Crippen MR) is 114 cm³/mol. The van der Waals surface area contributed by atoms with Crippen molar-refractivity contribution in [2.24, 2.45) is 0 Å². The van der Waals surface area contributed by atoms with E-state index in [-0.39, 0.29) is 16.5 Å². The van der Waals surface area contributed by atoms with Crippen LogP contribution >= 0.6 is 50.9 Å². The van der Waals surface area contributed by atoms with Crippen LogP contribution in [0.2, 0.25) is 10.0 Å². The van der Waals surface area contributed by atoms with Crippen LogP contribution in [0.5, 0.6) is 0 Å². The van der Waals surface area contributed by atoms with E-state index in [0.717, 1.165) is 5.75 Å². The SMILES string of the molecule is CSCCC(NC(=O)c1ccc(Cl)cc1Cl)C(=O)N(C)Cc1ccc(Br)o1. The van der Waals surface area contributed by atoms with Gasteiger partial charge in [0.2, 0.25) is 5.91 Å². The molecule has 2 rings (SSSR count). The number of likely N-dealkylation sites (N-methyl/N-ethyl adjacent to an activating group) is 1. The Morgan fingerprint density at radius 1 is 1.30 bits per heavy atom. The third kappa shape index (κ3) is 6.45. The second-order valence-corrected chi connectivity index (χ2v) is 8.44. The molecule has 1 atom stereocenters. The molecule has 0 saturated heterocycles. The van der Waals surface area contributed by atoms with Crippen LogP contribution in [0.15, 0.2) is 39.4 Å². The Kier molecular flexibility index (Phi) is 8.54. The zero-order valence-electron chi connectivity index (χ0n) is 14.8. The van der Waals surface area contributed by atoms with E-state index in [0.29, 0.717) is 28.4 Å². The van der Waals surface area contributed by atoms with Gasteiger partial charge in [0.15, 0.2) is 4.67 Å². The van der Waals surface area contributed by atoms with Gasteiger partial charge >= 0.3 is 0 Å². The first-order valence-electron chi connectivity index (χ1n) is 8.06. The number of furan rings is 1. The van der Waals surface area contributed by atoms with Crippen molar-refractivity contribution in [2.75, 3.05) is 19.1 Å². The van der Waals surface area contributed by atoms with Gasteiger partial charge in [-0.3, -0.25) is 9.59 Å². The average Bonchev–Trinajstić information content (AvgIpc) is 3.02. The van der Waals surface area contributed by atoms with E-state index in [1.54, 1.807) is 43.1 Å². The molecule has 0 bridgehead atoms. The summed E-state index contributed by atoms with van der Waals surface area (Å²) in [6, 6.07) is 7.51. The van der Waals surface area contributed by atoms with E-state index < -0.39 is 11.9 Å². The van der Waals surface area contributed by atoms with Gasteiger partial charge < -0.3 is 14.6 Å². The third-order valence-electron chi connectivity index (χ3n) is 3.79. The van der Waals surface area contributed by atoms with Crippen LogP contribution in [-0.4, -0.2) is 41.8 Å². The summed E-state index contributed by atoms with van der Waals surface area (Å²) in [4.78, 5) is 27.0. The first kappa shape index (κ1) is 22.1. The largest absolute Gasteiger partial charge is 0.452 e. The number of nitrogens with one attached hydrogen (secondary N) is 1. The van der Waals surface area contributed by atoms with Crippen LogP contribution < -0.4 is 5.32 Å². The number of halogens is 3. The fourth-order valence-electron chi connectivity index (χ4n) is 2.42. The lowest BCUT2D eigenvalue weighted by atomic mass is 10.1. The highest BCUT2D eigenvalue weighted by Gasteiger charge is 2.25. The van der Waals surface area contributed by atoms with E-state index in [1.807, 2.05) is 6.26 Å². The lowest BCUT2D eigenvalue weighted by molar-refractivity contribution is -0.132. The van der Waals surface area contributed by atoms with Crippen LogP contribution in [0.25, 0.3) is 0 Å². The number of hydrogen-bond donors (Lipinski definition) is 1. The fourth-order valence-corrected chi connectivity index (χ4v) is 3.72. The molecule has 0 aliphatic carbocycles. The van der Waals surface area contributed by atoms with E-state index >= 15 is 0 Å². The molecule has 1 unspecified atom stereocenters. The zero-order valence-corrected chi connectivity index (χ0v) is 18.7. The fraction of sp³-hybridized carbons (Fsp3) is 0.333. The number of rotatable bonds is 8. The lowest BCUT2D eigenvalue weighted by Crippen LogP contribution is -2.47. The minimum Gasteiger partial charge on any atom is -0.452 e. The minimum absolute atomic E-state index is 0.199.